The van der Waals surface area contributed by atoms with Gasteiger partial charge in [-0.15, -0.1) is 0 Å². The van der Waals surface area contributed by atoms with E-state index < -0.39 is 17.8 Å². The molecule has 1 heterocycles. The van der Waals surface area contributed by atoms with E-state index in [2.05, 4.69) is 10.6 Å². The van der Waals surface area contributed by atoms with E-state index in [-0.39, 0.29) is 18.0 Å². The number of carbonyl (C=O) groups excluding carboxylic acids is 1. The zero-order valence-electron chi connectivity index (χ0n) is 12.9. The lowest BCUT2D eigenvalue weighted by molar-refractivity contribution is -0.138. The first kappa shape index (κ1) is 16.5. The first-order chi connectivity index (χ1) is 11.4. The molecule has 1 atom stereocenters. The number of alkyl halides is 3. The van der Waals surface area contributed by atoms with E-state index in [9.17, 15) is 18.0 Å². The molecule has 126 valence electrons. The van der Waals surface area contributed by atoms with Gasteiger partial charge >= 0.3 is 6.18 Å². The average molecular weight is 334 g/mol. The number of hydrogen-bond acceptors (Lipinski definition) is 2. The molecule has 0 spiro atoms. The Kier molecular flexibility index (Phi) is 4.57. The van der Waals surface area contributed by atoms with Crippen LogP contribution >= 0.6 is 0 Å². The largest absolute Gasteiger partial charge is 0.416 e. The molecule has 0 aromatic heterocycles. The number of amides is 1. The Morgan fingerprint density at radius 2 is 1.75 bits per heavy atom. The van der Waals surface area contributed by atoms with Crippen molar-refractivity contribution in [2.24, 2.45) is 0 Å². The van der Waals surface area contributed by atoms with Crippen molar-refractivity contribution in [2.45, 2.75) is 31.7 Å². The Bertz CT molecular complexity index is 743. The van der Waals surface area contributed by atoms with Crippen molar-refractivity contribution in [3.63, 3.8) is 0 Å². The van der Waals surface area contributed by atoms with Gasteiger partial charge in [-0.25, -0.2) is 0 Å². The molecule has 0 saturated carbocycles. The van der Waals surface area contributed by atoms with Gasteiger partial charge in [0.2, 0.25) is 5.91 Å². The normalized spacial score (nSPS) is 17.2. The monoisotopic (exact) mass is 334 g/mol. The Labute approximate surface area is 137 Å². The zero-order valence-corrected chi connectivity index (χ0v) is 12.9. The highest BCUT2D eigenvalue weighted by Gasteiger charge is 2.33. The number of benzene rings is 2. The third kappa shape index (κ3) is 3.59. The van der Waals surface area contributed by atoms with Crippen molar-refractivity contribution in [2.75, 3.05) is 0 Å². The van der Waals surface area contributed by atoms with E-state index in [1.54, 1.807) is 0 Å². The minimum Gasteiger partial charge on any atom is -0.351 e. The number of halogens is 3. The molecule has 3 nitrogen and oxygen atoms in total. The molecule has 3 rings (SSSR count). The van der Waals surface area contributed by atoms with E-state index in [1.165, 1.54) is 18.2 Å². The van der Waals surface area contributed by atoms with E-state index in [1.807, 2.05) is 24.3 Å². The van der Waals surface area contributed by atoms with E-state index in [4.69, 9.17) is 0 Å². The minimum atomic E-state index is -4.43. The van der Waals surface area contributed by atoms with Crippen molar-refractivity contribution in [1.29, 1.82) is 0 Å². The molecule has 0 aliphatic carbocycles. The first-order valence-corrected chi connectivity index (χ1v) is 7.68. The minimum absolute atomic E-state index is 0.0644. The van der Waals surface area contributed by atoms with Gasteiger partial charge in [-0.05, 0) is 29.2 Å². The summed E-state index contributed by atoms with van der Waals surface area (Å²) in [6.07, 6.45) is -3.90. The van der Waals surface area contributed by atoms with Crippen LogP contribution in [0, 0.1) is 0 Å². The Hall–Kier alpha value is -2.34. The number of fused-ring (bicyclic) bond motifs is 1. The number of carbonyl (C=O) groups is 1. The molecule has 6 heteroatoms. The predicted octanol–water partition coefficient (Wildman–Crippen LogP) is 3.04. The predicted molar refractivity (Wildman–Crippen MR) is 84.1 cm³/mol. The highest BCUT2D eigenvalue weighted by molar-refractivity contribution is 5.82. The SMILES string of the molecule is O=C(NCc1ccccc1C(F)(F)F)C1Cc2ccccc2CN1. The molecule has 0 fully saturated rings. The Morgan fingerprint density at radius 1 is 1.08 bits per heavy atom. The van der Waals surface area contributed by atoms with Gasteiger partial charge in [0.25, 0.3) is 0 Å². The highest BCUT2D eigenvalue weighted by Crippen LogP contribution is 2.31. The third-order valence-corrected chi connectivity index (χ3v) is 4.17. The number of hydrogen-bond donors (Lipinski definition) is 2. The van der Waals surface area contributed by atoms with Crippen LogP contribution in [-0.4, -0.2) is 11.9 Å². The zero-order chi connectivity index (χ0) is 17.2. The molecular weight excluding hydrogens is 317 g/mol. The van der Waals surface area contributed by atoms with Crippen LogP contribution in [0.4, 0.5) is 13.2 Å². The summed E-state index contributed by atoms with van der Waals surface area (Å²) in [7, 11) is 0. The van der Waals surface area contributed by atoms with Crippen LogP contribution in [0.5, 0.6) is 0 Å². The quantitative estimate of drug-likeness (QED) is 0.906. The molecule has 1 aliphatic heterocycles. The van der Waals surface area contributed by atoms with Crippen molar-refractivity contribution in [3.05, 3.63) is 70.8 Å². The fourth-order valence-electron chi connectivity index (χ4n) is 2.90. The molecule has 1 amide bonds. The first-order valence-electron chi connectivity index (χ1n) is 7.68. The summed E-state index contributed by atoms with van der Waals surface area (Å²) in [5.74, 6) is -0.290. The second kappa shape index (κ2) is 6.65. The van der Waals surface area contributed by atoms with Gasteiger partial charge < -0.3 is 10.6 Å². The number of rotatable bonds is 3. The van der Waals surface area contributed by atoms with E-state index in [0.29, 0.717) is 13.0 Å². The van der Waals surface area contributed by atoms with E-state index >= 15 is 0 Å². The van der Waals surface area contributed by atoms with Gasteiger partial charge in [-0.2, -0.15) is 13.2 Å². The third-order valence-electron chi connectivity index (χ3n) is 4.17. The van der Waals surface area contributed by atoms with Gasteiger partial charge in [-0.1, -0.05) is 42.5 Å². The summed E-state index contributed by atoms with van der Waals surface area (Å²) in [6, 6.07) is 12.7. The lowest BCUT2D eigenvalue weighted by atomic mass is 9.95. The lowest BCUT2D eigenvalue weighted by Crippen LogP contribution is -2.47. The van der Waals surface area contributed by atoms with Gasteiger partial charge in [-0.3, -0.25) is 4.79 Å². The van der Waals surface area contributed by atoms with Crippen LogP contribution in [0.2, 0.25) is 0 Å². The fraction of sp³-hybridized carbons (Fsp3) is 0.278. The van der Waals surface area contributed by atoms with Gasteiger partial charge in [0.05, 0.1) is 11.6 Å². The molecule has 0 saturated heterocycles. The summed E-state index contributed by atoms with van der Waals surface area (Å²) >= 11 is 0. The molecule has 2 N–H and O–H groups in total. The van der Waals surface area contributed by atoms with Crippen LogP contribution in [-0.2, 0) is 30.5 Å². The molecule has 2 aromatic carbocycles. The highest BCUT2D eigenvalue weighted by atomic mass is 19.4. The summed E-state index contributed by atoms with van der Waals surface area (Å²) in [5.41, 5.74) is 1.58. The van der Waals surface area contributed by atoms with Crippen molar-refractivity contribution in [1.82, 2.24) is 10.6 Å². The summed E-state index contributed by atoms with van der Waals surface area (Å²) < 4.78 is 38.9. The Morgan fingerprint density at radius 3 is 2.50 bits per heavy atom. The second-order valence-corrected chi connectivity index (χ2v) is 5.78. The van der Waals surface area contributed by atoms with Crippen LogP contribution in [0.15, 0.2) is 48.5 Å². The maximum Gasteiger partial charge on any atom is 0.416 e. The van der Waals surface area contributed by atoms with Gasteiger partial charge in [0.15, 0.2) is 0 Å². The maximum atomic E-state index is 13.0. The van der Waals surface area contributed by atoms with Crippen LogP contribution in [0.3, 0.4) is 0 Å². The molecule has 0 radical (unpaired) electrons. The van der Waals surface area contributed by atoms with Crippen LogP contribution in [0.25, 0.3) is 0 Å². The van der Waals surface area contributed by atoms with Crippen molar-refractivity contribution >= 4 is 5.91 Å². The molecular formula is C18H17F3N2O. The smallest absolute Gasteiger partial charge is 0.351 e. The standard InChI is InChI=1S/C18H17F3N2O/c19-18(20,21)15-8-4-3-7-14(15)11-23-17(24)16-9-12-5-1-2-6-13(12)10-22-16/h1-8,16,22H,9-11H2,(H,23,24). The summed E-state index contributed by atoms with van der Waals surface area (Å²) in [4.78, 5) is 12.3. The number of nitrogens with one attached hydrogen (secondary N) is 2. The van der Waals surface area contributed by atoms with Gasteiger partial charge in [0, 0.05) is 13.1 Å². The average Bonchev–Trinajstić information content (AvgIpc) is 2.58. The molecule has 24 heavy (non-hydrogen) atoms. The molecule has 2 aromatic rings. The maximum absolute atomic E-state index is 13.0. The fourth-order valence-corrected chi connectivity index (χ4v) is 2.90. The Balaban J connectivity index is 1.65. The lowest BCUT2D eigenvalue weighted by Gasteiger charge is -2.25. The summed E-state index contributed by atoms with van der Waals surface area (Å²) in [6.45, 7) is 0.432. The van der Waals surface area contributed by atoms with Crippen molar-refractivity contribution < 1.29 is 18.0 Å². The van der Waals surface area contributed by atoms with E-state index in [0.717, 1.165) is 17.2 Å². The summed E-state index contributed by atoms with van der Waals surface area (Å²) in [5, 5.41) is 5.73. The van der Waals surface area contributed by atoms with Crippen molar-refractivity contribution in [3.8, 4) is 0 Å². The second-order valence-electron chi connectivity index (χ2n) is 5.78. The van der Waals surface area contributed by atoms with Crippen LogP contribution in [0.1, 0.15) is 22.3 Å². The molecule has 1 aliphatic rings. The topological polar surface area (TPSA) is 41.1 Å². The van der Waals surface area contributed by atoms with Crippen LogP contribution < -0.4 is 10.6 Å². The molecule has 0 bridgehead atoms. The van der Waals surface area contributed by atoms with Gasteiger partial charge in [0.1, 0.15) is 0 Å². The molecule has 1 unspecified atom stereocenters.